The average Bonchev–Trinajstić information content (AvgIpc) is 2.84. The van der Waals surface area contributed by atoms with Crippen LogP contribution in [-0.2, 0) is 7.05 Å². The molecule has 2 aromatic heterocycles. The van der Waals surface area contributed by atoms with Crippen molar-refractivity contribution in [2.45, 2.75) is 20.8 Å². The third-order valence-electron chi connectivity index (χ3n) is 3.56. The van der Waals surface area contributed by atoms with Crippen molar-refractivity contribution in [2.75, 3.05) is 17.2 Å². The standard InChI is InChI=1S/C16H20N6/c1-5-17-16-20-14(12-9-18-22(4)15(12)21-16)19-13-7-6-10(2)8-11(13)3/h6-9H,5H2,1-4H3,(H2,17,19,20,21). The zero-order chi connectivity index (χ0) is 15.7. The highest BCUT2D eigenvalue weighted by atomic mass is 15.3. The minimum atomic E-state index is 0.603. The molecule has 0 bridgehead atoms. The number of hydrogen-bond acceptors (Lipinski definition) is 5. The molecule has 0 aliphatic carbocycles. The lowest BCUT2D eigenvalue weighted by Gasteiger charge is -2.12. The molecule has 0 saturated heterocycles. The Balaban J connectivity index is 2.08. The van der Waals surface area contributed by atoms with Crippen LogP contribution in [0.15, 0.2) is 24.4 Å². The number of rotatable bonds is 4. The van der Waals surface area contributed by atoms with E-state index in [1.807, 2.05) is 14.0 Å². The van der Waals surface area contributed by atoms with Crippen molar-refractivity contribution in [3.05, 3.63) is 35.5 Å². The second-order valence-electron chi connectivity index (χ2n) is 5.37. The van der Waals surface area contributed by atoms with Gasteiger partial charge in [-0.05, 0) is 32.4 Å². The Bertz CT molecular complexity index is 821. The van der Waals surface area contributed by atoms with Crippen molar-refractivity contribution in [3.63, 3.8) is 0 Å². The van der Waals surface area contributed by atoms with Crippen molar-refractivity contribution in [1.29, 1.82) is 0 Å². The molecule has 0 atom stereocenters. The quantitative estimate of drug-likeness (QED) is 0.774. The molecular weight excluding hydrogens is 276 g/mol. The SMILES string of the molecule is CCNc1nc(Nc2ccc(C)cc2C)c2cnn(C)c2n1. The van der Waals surface area contributed by atoms with E-state index >= 15 is 0 Å². The number of hydrogen-bond donors (Lipinski definition) is 2. The molecule has 0 unspecified atom stereocenters. The largest absolute Gasteiger partial charge is 0.354 e. The van der Waals surface area contributed by atoms with Gasteiger partial charge in [-0.15, -0.1) is 0 Å². The Hall–Kier alpha value is -2.63. The summed E-state index contributed by atoms with van der Waals surface area (Å²) in [4.78, 5) is 9.08. The Morgan fingerprint density at radius 1 is 1.18 bits per heavy atom. The normalized spacial score (nSPS) is 10.9. The van der Waals surface area contributed by atoms with Gasteiger partial charge in [0.25, 0.3) is 0 Å². The van der Waals surface area contributed by atoms with E-state index in [1.165, 1.54) is 11.1 Å². The number of aromatic nitrogens is 4. The number of nitrogens with one attached hydrogen (secondary N) is 2. The smallest absolute Gasteiger partial charge is 0.226 e. The molecule has 1 aromatic carbocycles. The molecule has 2 N–H and O–H groups in total. The molecule has 0 spiro atoms. The second-order valence-corrected chi connectivity index (χ2v) is 5.37. The highest BCUT2D eigenvalue weighted by Crippen LogP contribution is 2.26. The molecule has 6 nitrogen and oxygen atoms in total. The molecule has 0 fully saturated rings. The molecule has 3 aromatic rings. The predicted octanol–water partition coefficient (Wildman–Crippen LogP) is 3.16. The first kappa shape index (κ1) is 14.3. The highest BCUT2D eigenvalue weighted by molar-refractivity contribution is 5.89. The third-order valence-corrected chi connectivity index (χ3v) is 3.56. The molecule has 0 aliphatic heterocycles. The van der Waals surface area contributed by atoms with Crippen molar-refractivity contribution in [2.24, 2.45) is 7.05 Å². The summed E-state index contributed by atoms with van der Waals surface area (Å²) in [6.07, 6.45) is 1.79. The Morgan fingerprint density at radius 3 is 2.73 bits per heavy atom. The van der Waals surface area contributed by atoms with Gasteiger partial charge >= 0.3 is 0 Å². The number of benzene rings is 1. The molecule has 3 rings (SSSR count). The summed E-state index contributed by atoms with van der Waals surface area (Å²) in [5.74, 6) is 1.37. The summed E-state index contributed by atoms with van der Waals surface area (Å²) in [6.45, 7) is 6.96. The lowest BCUT2D eigenvalue weighted by molar-refractivity contribution is 0.785. The van der Waals surface area contributed by atoms with Gasteiger partial charge in [0.1, 0.15) is 5.82 Å². The minimum absolute atomic E-state index is 0.603. The lowest BCUT2D eigenvalue weighted by atomic mass is 10.1. The van der Waals surface area contributed by atoms with Gasteiger partial charge in [0, 0.05) is 19.3 Å². The van der Waals surface area contributed by atoms with E-state index in [1.54, 1.807) is 10.9 Å². The van der Waals surface area contributed by atoms with E-state index in [0.29, 0.717) is 5.95 Å². The fourth-order valence-electron chi connectivity index (χ4n) is 2.44. The van der Waals surface area contributed by atoms with Gasteiger partial charge < -0.3 is 10.6 Å². The first-order valence-corrected chi connectivity index (χ1v) is 7.36. The van der Waals surface area contributed by atoms with Crippen LogP contribution in [0.2, 0.25) is 0 Å². The van der Waals surface area contributed by atoms with Gasteiger partial charge in [0.15, 0.2) is 5.65 Å². The van der Waals surface area contributed by atoms with Gasteiger partial charge in [-0.2, -0.15) is 15.1 Å². The fraction of sp³-hybridized carbons (Fsp3) is 0.312. The molecule has 0 amide bonds. The van der Waals surface area contributed by atoms with E-state index in [0.717, 1.165) is 29.1 Å². The highest BCUT2D eigenvalue weighted by Gasteiger charge is 2.12. The van der Waals surface area contributed by atoms with Gasteiger partial charge in [0.2, 0.25) is 5.95 Å². The molecule has 2 heterocycles. The monoisotopic (exact) mass is 296 g/mol. The van der Waals surface area contributed by atoms with Crippen LogP contribution in [-0.4, -0.2) is 26.3 Å². The van der Waals surface area contributed by atoms with Crippen LogP contribution in [0.4, 0.5) is 17.5 Å². The van der Waals surface area contributed by atoms with E-state index in [-0.39, 0.29) is 0 Å². The predicted molar refractivity (Wildman–Crippen MR) is 89.7 cm³/mol. The fourth-order valence-corrected chi connectivity index (χ4v) is 2.44. The molecule has 0 saturated carbocycles. The van der Waals surface area contributed by atoms with E-state index in [9.17, 15) is 0 Å². The van der Waals surface area contributed by atoms with Gasteiger partial charge in [-0.3, -0.25) is 4.68 Å². The summed E-state index contributed by atoms with van der Waals surface area (Å²) in [7, 11) is 1.88. The van der Waals surface area contributed by atoms with Crippen LogP contribution in [0.25, 0.3) is 11.0 Å². The van der Waals surface area contributed by atoms with Crippen LogP contribution in [0.1, 0.15) is 18.1 Å². The Kier molecular flexibility index (Phi) is 3.66. The second kappa shape index (κ2) is 5.63. The number of anilines is 3. The topological polar surface area (TPSA) is 67.7 Å². The third kappa shape index (κ3) is 2.59. The van der Waals surface area contributed by atoms with Gasteiger partial charge in [-0.1, -0.05) is 17.7 Å². The summed E-state index contributed by atoms with van der Waals surface area (Å²) in [5, 5.41) is 11.8. The number of nitrogens with zero attached hydrogens (tertiary/aromatic N) is 4. The van der Waals surface area contributed by atoms with Crippen molar-refractivity contribution in [1.82, 2.24) is 19.7 Å². The van der Waals surface area contributed by atoms with Crippen molar-refractivity contribution >= 4 is 28.5 Å². The Morgan fingerprint density at radius 2 is 2.00 bits per heavy atom. The summed E-state index contributed by atoms with van der Waals surface area (Å²) >= 11 is 0. The van der Waals surface area contributed by atoms with E-state index in [4.69, 9.17) is 0 Å². The van der Waals surface area contributed by atoms with Crippen LogP contribution in [0.5, 0.6) is 0 Å². The molecule has 0 aliphatic rings. The number of aryl methyl sites for hydroxylation is 3. The van der Waals surface area contributed by atoms with Crippen LogP contribution < -0.4 is 10.6 Å². The molecular formula is C16H20N6. The first-order chi connectivity index (χ1) is 10.6. The van der Waals surface area contributed by atoms with Crippen LogP contribution >= 0.6 is 0 Å². The molecule has 22 heavy (non-hydrogen) atoms. The maximum atomic E-state index is 4.58. The van der Waals surface area contributed by atoms with Crippen molar-refractivity contribution in [3.8, 4) is 0 Å². The maximum absolute atomic E-state index is 4.58. The number of fused-ring (bicyclic) bond motifs is 1. The van der Waals surface area contributed by atoms with Gasteiger partial charge in [0.05, 0.1) is 11.6 Å². The van der Waals surface area contributed by atoms with E-state index < -0.39 is 0 Å². The zero-order valence-electron chi connectivity index (χ0n) is 13.3. The lowest BCUT2D eigenvalue weighted by Crippen LogP contribution is -2.06. The molecule has 0 radical (unpaired) electrons. The van der Waals surface area contributed by atoms with Crippen molar-refractivity contribution < 1.29 is 0 Å². The Labute approximate surface area is 129 Å². The first-order valence-electron chi connectivity index (χ1n) is 7.36. The van der Waals surface area contributed by atoms with E-state index in [2.05, 4.69) is 57.7 Å². The summed E-state index contributed by atoms with van der Waals surface area (Å²) < 4.78 is 1.75. The maximum Gasteiger partial charge on any atom is 0.226 e. The minimum Gasteiger partial charge on any atom is -0.354 e. The molecule has 114 valence electrons. The summed E-state index contributed by atoms with van der Waals surface area (Å²) in [6, 6.07) is 6.30. The average molecular weight is 296 g/mol. The van der Waals surface area contributed by atoms with Gasteiger partial charge in [-0.25, -0.2) is 0 Å². The van der Waals surface area contributed by atoms with Crippen LogP contribution in [0.3, 0.4) is 0 Å². The van der Waals surface area contributed by atoms with Crippen LogP contribution in [0, 0.1) is 13.8 Å². The summed E-state index contributed by atoms with van der Waals surface area (Å²) in [5.41, 5.74) is 4.27. The zero-order valence-corrected chi connectivity index (χ0v) is 13.3. The molecule has 6 heteroatoms.